The van der Waals surface area contributed by atoms with Crippen molar-refractivity contribution >= 4 is 11.6 Å². The molecule has 0 saturated heterocycles. The lowest BCUT2D eigenvalue weighted by Crippen LogP contribution is -2.06. The Labute approximate surface area is 144 Å². The standard InChI is InChI=1S/C15H8ClF3N6/c16-10-5-22-13(23-6-10)8-25-7-12(15(17,18)19)24-14(25)9-1-2-11(3-20)21-4-9/h1-2,4-7H,8H2. The van der Waals surface area contributed by atoms with Crippen molar-refractivity contribution in [1.82, 2.24) is 24.5 Å². The van der Waals surface area contributed by atoms with Crippen LogP contribution in [-0.2, 0) is 12.7 Å². The summed E-state index contributed by atoms with van der Waals surface area (Å²) >= 11 is 5.71. The van der Waals surface area contributed by atoms with E-state index in [1.54, 1.807) is 0 Å². The van der Waals surface area contributed by atoms with Gasteiger partial charge in [-0.05, 0) is 12.1 Å². The van der Waals surface area contributed by atoms with Crippen LogP contribution in [0.25, 0.3) is 11.4 Å². The first-order valence-electron chi connectivity index (χ1n) is 6.84. The molecule has 0 radical (unpaired) electrons. The van der Waals surface area contributed by atoms with Crippen molar-refractivity contribution in [3.8, 4) is 17.5 Å². The van der Waals surface area contributed by atoms with Gasteiger partial charge in [-0.2, -0.15) is 18.4 Å². The molecular weight excluding hydrogens is 357 g/mol. The second-order valence-corrected chi connectivity index (χ2v) is 5.37. The van der Waals surface area contributed by atoms with Crippen LogP contribution in [-0.4, -0.2) is 24.5 Å². The largest absolute Gasteiger partial charge is 0.434 e. The fraction of sp³-hybridized carbons (Fsp3) is 0.133. The second kappa shape index (κ2) is 6.49. The average Bonchev–Trinajstić information content (AvgIpc) is 3.01. The molecule has 0 aliphatic rings. The predicted molar refractivity (Wildman–Crippen MR) is 81.3 cm³/mol. The van der Waals surface area contributed by atoms with E-state index in [1.807, 2.05) is 6.07 Å². The summed E-state index contributed by atoms with van der Waals surface area (Å²) in [5.41, 5.74) is -0.553. The van der Waals surface area contributed by atoms with Crippen LogP contribution in [0.5, 0.6) is 0 Å². The molecule has 0 amide bonds. The maximum Gasteiger partial charge on any atom is 0.434 e. The summed E-state index contributed by atoms with van der Waals surface area (Å²) < 4.78 is 40.3. The Morgan fingerprint density at radius 3 is 2.40 bits per heavy atom. The minimum Gasteiger partial charge on any atom is -0.323 e. The van der Waals surface area contributed by atoms with Gasteiger partial charge >= 0.3 is 6.18 Å². The average molecular weight is 365 g/mol. The molecule has 0 atom stereocenters. The number of nitriles is 1. The lowest BCUT2D eigenvalue weighted by Gasteiger charge is -2.06. The van der Waals surface area contributed by atoms with Gasteiger partial charge in [0.25, 0.3) is 0 Å². The summed E-state index contributed by atoms with van der Waals surface area (Å²) in [6.45, 7) is -0.0322. The second-order valence-electron chi connectivity index (χ2n) is 4.94. The van der Waals surface area contributed by atoms with E-state index in [4.69, 9.17) is 16.9 Å². The summed E-state index contributed by atoms with van der Waals surface area (Å²) in [5, 5.41) is 9.09. The molecule has 0 fully saturated rings. The van der Waals surface area contributed by atoms with Gasteiger partial charge in [0.2, 0.25) is 0 Å². The molecule has 0 N–H and O–H groups in total. The van der Waals surface area contributed by atoms with Crippen LogP contribution in [0.2, 0.25) is 5.02 Å². The molecule has 3 aromatic heterocycles. The van der Waals surface area contributed by atoms with Crippen LogP contribution in [0.15, 0.2) is 36.9 Å². The van der Waals surface area contributed by atoms with Crippen LogP contribution in [0.4, 0.5) is 13.2 Å². The van der Waals surface area contributed by atoms with Gasteiger partial charge in [-0.1, -0.05) is 11.6 Å². The van der Waals surface area contributed by atoms with Crippen molar-refractivity contribution in [3.05, 3.63) is 59.2 Å². The van der Waals surface area contributed by atoms with Crippen LogP contribution >= 0.6 is 11.6 Å². The van der Waals surface area contributed by atoms with E-state index in [9.17, 15) is 13.2 Å². The van der Waals surface area contributed by atoms with Crippen molar-refractivity contribution in [1.29, 1.82) is 5.26 Å². The van der Waals surface area contributed by atoms with Crippen LogP contribution in [0.1, 0.15) is 17.2 Å². The third-order valence-electron chi connectivity index (χ3n) is 3.19. The van der Waals surface area contributed by atoms with E-state index in [2.05, 4.69) is 19.9 Å². The maximum atomic E-state index is 13.0. The van der Waals surface area contributed by atoms with Gasteiger partial charge in [-0.15, -0.1) is 0 Å². The summed E-state index contributed by atoms with van der Waals surface area (Å²) in [6.07, 6.45) is 0.287. The molecule has 3 aromatic rings. The van der Waals surface area contributed by atoms with Crippen molar-refractivity contribution in [2.75, 3.05) is 0 Å². The lowest BCUT2D eigenvalue weighted by atomic mass is 10.2. The van der Waals surface area contributed by atoms with E-state index in [0.29, 0.717) is 10.6 Å². The minimum atomic E-state index is -4.60. The smallest absolute Gasteiger partial charge is 0.323 e. The first-order chi connectivity index (χ1) is 11.9. The molecule has 0 aromatic carbocycles. The number of halogens is 4. The summed E-state index contributed by atoms with van der Waals surface area (Å²) in [6, 6.07) is 4.73. The number of pyridine rings is 1. The first kappa shape index (κ1) is 16.9. The van der Waals surface area contributed by atoms with E-state index in [-0.39, 0.29) is 23.9 Å². The van der Waals surface area contributed by atoms with E-state index < -0.39 is 11.9 Å². The number of rotatable bonds is 3. The van der Waals surface area contributed by atoms with Crippen molar-refractivity contribution in [3.63, 3.8) is 0 Å². The molecule has 126 valence electrons. The predicted octanol–water partition coefficient (Wildman–Crippen LogP) is 3.33. The molecule has 25 heavy (non-hydrogen) atoms. The Kier molecular flexibility index (Phi) is 4.37. The van der Waals surface area contributed by atoms with E-state index in [0.717, 1.165) is 6.20 Å². The Morgan fingerprint density at radius 1 is 1.12 bits per heavy atom. The molecule has 3 rings (SSSR count). The Bertz CT molecular complexity index is 926. The van der Waals surface area contributed by atoms with Crippen molar-refractivity contribution in [2.24, 2.45) is 0 Å². The zero-order valence-electron chi connectivity index (χ0n) is 12.4. The molecule has 6 nitrogen and oxygen atoms in total. The zero-order valence-corrected chi connectivity index (χ0v) is 13.1. The molecule has 0 saturated carbocycles. The maximum absolute atomic E-state index is 13.0. The highest BCUT2D eigenvalue weighted by molar-refractivity contribution is 6.30. The van der Waals surface area contributed by atoms with Crippen LogP contribution in [0.3, 0.4) is 0 Å². The molecule has 0 bridgehead atoms. The highest BCUT2D eigenvalue weighted by Crippen LogP contribution is 2.31. The van der Waals surface area contributed by atoms with Gasteiger partial charge in [0, 0.05) is 30.4 Å². The summed E-state index contributed by atoms with van der Waals surface area (Å²) in [5.74, 6) is 0.321. The summed E-state index contributed by atoms with van der Waals surface area (Å²) in [4.78, 5) is 15.5. The third-order valence-corrected chi connectivity index (χ3v) is 3.38. The molecule has 3 heterocycles. The van der Waals surface area contributed by atoms with Crippen molar-refractivity contribution in [2.45, 2.75) is 12.7 Å². The normalized spacial score (nSPS) is 11.3. The van der Waals surface area contributed by atoms with Crippen molar-refractivity contribution < 1.29 is 13.2 Å². The highest BCUT2D eigenvalue weighted by atomic mass is 35.5. The van der Waals surface area contributed by atoms with Gasteiger partial charge in [0.15, 0.2) is 5.69 Å². The third kappa shape index (κ3) is 3.75. The molecule has 10 heteroatoms. The van der Waals surface area contributed by atoms with Gasteiger partial charge in [-0.25, -0.2) is 19.9 Å². The van der Waals surface area contributed by atoms with E-state index in [1.165, 1.54) is 35.3 Å². The topological polar surface area (TPSA) is 80.3 Å². The Balaban J connectivity index is 2.04. The number of hydrogen-bond acceptors (Lipinski definition) is 5. The molecular formula is C15H8ClF3N6. The fourth-order valence-corrected chi connectivity index (χ4v) is 2.17. The van der Waals surface area contributed by atoms with Crippen LogP contribution in [0, 0.1) is 11.3 Å². The Morgan fingerprint density at radius 2 is 1.84 bits per heavy atom. The summed E-state index contributed by atoms with van der Waals surface area (Å²) in [7, 11) is 0. The number of nitrogens with zero attached hydrogens (tertiary/aromatic N) is 6. The SMILES string of the molecule is N#Cc1ccc(-c2nc(C(F)(F)F)cn2Cc2ncc(Cl)cn2)cn1. The quantitative estimate of drug-likeness (QED) is 0.712. The molecule has 0 aliphatic heterocycles. The van der Waals surface area contributed by atoms with Gasteiger partial charge in [0.1, 0.15) is 23.4 Å². The van der Waals surface area contributed by atoms with Crippen LogP contribution < -0.4 is 0 Å². The monoisotopic (exact) mass is 364 g/mol. The van der Waals surface area contributed by atoms with Gasteiger partial charge in [0.05, 0.1) is 11.6 Å². The lowest BCUT2D eigenvalue weighted by molar-refractivity contribution is -0.140. The number of hydrogen-bond donors (Lipinski definition) is 0. The van der Waals surface area contributed by atoms with Gasteiger partial charge in [-0.3, -0.25) is 0 Å². The van der Waals surface area contributed by atoms with Gasteiger partial charge < -0.3 is 4.57 Å². The molecule has 0 aliphatic carbocycles. The number of aromatic nitrogens is 5. The highest BCUT2D eigenvalue weighted by Gasteiger charge is 2.35. The number of alkyl halides is 3. The molecule has 0 spiro atoms. The van der Waals surface area contributed by atoms with E-state index >= 15 is 0 Å². The Hall–Kier alpha value is -2.99. The number of imidazole rings is 1. The fourth-order valence-electron chi connectivity index (χ4n) is 2.07. The molecule has 0 unspecified atom stereocenters. The first-order valence-corrected chi connectivity index (χ1v) is 7.22. The zero-order chi connectivity index (χ0) is 18.0. The minimum absolute atomic E-state index is 0.0322.